The molecule has 0 saturated heterocycles. The van der Waals surface area contributed by atoms with E-state index in [1.807, 2.05) is 0 Å². The van der Waals surface area contributed by atoms with Crippen molar-refractivity contribution in [3.05, 3.63) is 69.9 Å². The summed E-state index contributed by atoms with van der Waals surface area (Å²) in [6, 6.07) is 8.47. The number of hydrogen-bond donors (Lipinski definition) is 0. The van der Waals surface area contributed by atoms with Crippen molar-refractivity contribution in [3.8, 4) is 11.1 Å². The van der Waals surface area contributed by atoms with Crippen LogP contribution in [-0.2, 0) is 13.1 Å². The molecule has 134 valence electrons. The van der Waals surface area contributed by atoms with Crippen molar-refractivity contribution in [1.29, 1.82) is 0 Å². The van der Waals surface area contributed by atoms with Crippen molar-refractivity contribution in [2.45, 2.75) is 38.8 Å². The zero-order valence-corrected chi connectivity index (χ0v) is 14.9. The van der Waals surface area contributed by atoms with Gasteiger partial charge < -0.3 is 0 Å². The fraction of sp³-hybridized carbons (Fsp3) is 0.444. The number of aryl methyl sites for hydroxylation is 2. The predicted molar refractivity (Wildman–Crippen MR) is 98.8 cm³/mol. The summed E-state index contributed by atoms with van der Waals surface area (Å²) < 4.78 is 4.29. The monoisotopic (exact) mass is 352 g/mol. The average molecular weight is 352 g/mol. The molecule has 0 saturated carbocycles. The molecular weight excluding hydrogens is 328 g/mol. The summed E-state index contributed by atoms with van der Waals surface area (Å²) in [5.74, 6) is 0. The van der Waals surface area contributed by atoms with Crippen LogP contribution in [-0.4, -0.2) is 13.1 Å². The number of aromatic nitrogens is 2. The molecule has 0 bridgehead atoms. The fourth-order valence-electron chi connectivity index (χ4n) is 2.64. The molecule has 0 radical (unpaired) electrons. The van der Waals surface area contributed by atoms with Gasteiger partial charge in [-0.3, -0.25) is 0 Å². The van der Waals surface area contributed by atoms with Crippen LogP contribution < -0.4 is 9.13 Å². The van der Waals surface area contributed by atoms with Crippen LogP contribution in [0, 0.1) is 0 Å². The number of unbranched alkanes of at least 4 members (excludes halogenated alkanes) is 2. The summed E-state index contributed by atoms with van der Waals surface area (Å²) in [5.41, 5.74) is 18.9. The highest BCUT2D eigenvalue weighted by molar-refractivity contribution is 5.60. The third-order valence-electron chi connectivity index (χ3n) is 4.09. The predicted octanol–water partition coefficient (Wildman–Crippen LogP) is 4.11. The smallest absolute Gasteiger partial charge is 0.169 e. The van der Waals surface area contributed by atoms with E-state index >= 15 is 0 Å². The number of nitrogens with zero attached hydrogens (tertiary/aromatic N) is 8. The van der Waals surface area contributed by atoms with Gasteiger partial charge in [0, 0.05) is 60.0 Å². The molecule has 0 atom stereocenters. The zero-order valence-electron chi connectivity index (χ0n) is 14.9. The van der Waals surface area contributed by atoms with Crippen molar-refractivity contribution >= 4 is 0 Å². The minimum absolute atomic E-state index is 0.560. The topological polar surface area (TPSA) is 105 Å². The molecule has 0 spiro atoms. The van der Waals surface area contributed by atoms with Gasteiger partial charge in [0.25, 0.3) is 0 Å². The SMILES string of the molecule is [N-]=[N+]=NCCCC[n+]1ccc(-c2cc[n+](CCCCN=[N+]=[N-])cc2)cc1. The molecule has 0 aromatic carbocycles. The normalized spacial score (nSPS) is 10.0. The van der Waals surface area contributed by atoms with E-state index < -0.39 is 0 Å². The second-order valence-corrected chi connectivity index (χ2v) is 5.97. The van der Waals surface area contributed by atoms with Crippen LogP contribution in [0.15, 0.2) is 59.3 Å². The Morgan fingerprint density at radius 2 is 1.04 bits per heavy atom. The van der Waals surface area contributed by atoms with E-state index in [0.29, 0.717) is 13.1 Å². The molecule has 0 amide bonds. The Labute approximate surface area is 153 Å². The molecule has 2 aromatic rings. The summed E-state index contributed by atoms with van der Waals surface area (Å²) in [4.78, 5) is 5.52. The summed E-state index contributed by atoms with van der Waals surface area (Å²) in [7, 11) is 0. The lowest BCUT2D eigenvalue weighted by Gasteiger charge is -2.01. The Bertz CT molecular complexity index is 689. The maximum absolute atomic E-state index is 8.25. The fourth-order valence-corrected chi connectivity index (χ4v) is 2.64. The van der Waals surface area contributed by atoms with Crippen molar-refractivity contribution in [2.24, 2.45) is 10.2 Å². The largest absolute Gasteiger partial charge is 0.205 e. The third-order valence-corrected chi connectivity index (χ3v) is 4.09. The molecule has 0 N–H and O–H groups in total. The van der Waals surface area contributed by atoms with Gasteiger partial charge in [-0.25, -0.2) is 9.13 Å². The van der Waals surface area contributed by atoms with Crippen LogP contribution in [0.25, 0.3) is 32.0 Å². The van der Waals surface area contributed by atoms with Gasteiger partial charge in [-0.1, -0.05) is 10.2 Å². The molecule has 2 heterocycles. The van der Waals surface area contributed by atoms with E-state index in [9.17, 15) is 0 Å². The van der Waals surface area contributed by atoms with Crippen LogP contribution in [0.5, 0.6) is 0 Å². The first kappa shape index (κ1) is 19.2. The van der Waals surface area contributed by atoms with Crippen molar-refractivity contribution in [1.82, 2.24) is 0 Å². The minimum Gasteiger partial charge on any atom is -0.205 e. The van der Waals surface area contributed by atoms with Gasteiger partial charge in [-0.05, 0) is 35.0 Å². The van der Waals surface area contributed by atoms with Crippen LogP contribution in [0.2, 0.25) is 0 Å². The van der Waals surface area contributed by atoms with E-state index in [2.05, 4.69) is 78.2 Å². The summed E-state index contributed by atoms with van der Waals surface area (Å²) in [6.45, 7) is 2.97. The van der Waals surface area contributed by atoms with Gasteiger partial charge in [-0.15, -0.1) is 0 Å². The van der Waals surface area contributed by atoms with Crippen LogP contribution >= 0.6 is 0 Å². The van der Waals surface area contributed by atoms with Gasteiger partial charge in [0.05, 0.1) is 0 Å². The molecule has 2 rings (SSSR count). The van der Waals surface area contributed by atoms with Gasteiger partial charge in [0.1, 0.15) is 13.1 Å². The van der Waals surface area contributed by atoms with Gasteiger partial charge >= 0.3 is 0 Å². The Morgan fingerprint density at radius 3 is 1.38 bits per heavy atom. The highest BCUT2D eigenvalue weighted by Crippen LogP contribution is 2.15. The lowest BCUT2D eigenvalue weighted by atomic mass is 10.1. The number of hydrogen-bond acceptors (Lipinski definition) is 2. The van der Waals surface area contributed by atoms with Gasteiger partial charge in [0.2, 0.25) is 0 Å². The van der Waals surface area contributed by atoms with Gasteiger partial charge in [-0.2, -0.15) is 0 Å². The second-order valence-electron chi connectivity index (χ2n) is 5.97. The lowest BCUT2D eigenvalue weighted by Crippen LogP contribution is -2.33. The standard InChI is InChI=1S/C18H24N8/c19-23-21-9-1-3-11-25-13-5-17(6-14-25)18-7-15-26(16-8-18)12-4-2-10-22-24-20/h5-8,13-16H,1-4,9-12H2/q+2. The Hall–Kier alpha value is -3.08. The molecule has 0 aliphatic carbocycles. The number of rotatable bonds is 11. The maximum Gasteiger partial charge on any atom is 0.169 e. The zero-order chi connectivity index (χ0) is 18.5. The molecule has 2 aromatic heterocycles. The van der Waals surface area contributed by atoms with Crippen LogP contribution in [0.4, 0.5) is 0 Å². The summed E-state index contributed by atoms with van der Waals surface area (Å²) in [5, 5.41) is 7.09. The molecule has 0 aliphatic heterocycles. The number of pyridine rings is 2. The van der Waals surface area contributed by atoms with Crippen LogP contribution in [0.3, 0.4) is 0 Å². The Balaban J connectivity index is 1.82. The third kappa shape index (κ3) is 6.81. The summed E-state index contributed by atoms with van der Waals surface area (Å²) >= 11 is 0. The highest BCUT2D eigenvalue weighted by atomic mass is 15.1. The van der Waals surface area contributed by atoms with E-state index in [0.717, 1.165) is 38.8 Å². The van der Waals surface area contributed by atoms with E-state index in [4.69, 9.17) is 11.1 Å². The highest BCUT2D eigenvalue weighted by Gasteiger charge is 2.05. The molecule has 0 fully saturated rings. The van der Waals surface area contributed by atoms with Gasteiger partial charge in [0.15, 0.2) is 24.8 Å². The summed E-state index contributed by atoms with van der Waals surface area (Å²) in [6.07, 6.45) is 12.1. The molecule has 0 aliphatic rings. The lowest BCUT2D eigenvalue weighted by molar-refractivity contribution is -0.697. The van der Waals surface area contributed by atoms with E-state index in [-0.39, 0.29) is 0 Å². The minimum atomic E-state index is 0.560. The molecule has 8 nitrogen and oxygen atoms in total. The maximum atomic E-state index is 8.25. The van der Waals surface area contributed by atoms with E-state index in [1.54, 1.807) is 0 Å². The van der Waals surface area contributed by atoms with E-state index in [1.165, 1.54) is 11.1 Å². The number of azide groups is 2. The molecular formula is C18H24N8+2. The van der Waals surface area contributed by atoms with Crippen molar-refractivity contribution in [2.75, 3.05) is 13.1 Å². The first-order valence-electron chi connectivity index (χ1n) is 8.84. The molecule has 0 unspecified atom stereocenters. The quantitative estimate of drug-likeness (QED) is 0.191. The first-order valence-corrected chi connectivity index (χ1v) is 8.84. The first-order chi connectivity index (χ1) is 12.8. The molecule has 8 heteroatoms. The van der Waals surface area contributed by atoms with Crippen molar-refractivity contribution < 1.29 is 9.13 Å². The average Bonchev–Trinajstić information content (AvgIpc) is 2.69. The Morgan fingerprint density at radius 1 is 0.654 bits per heavy atom. The second kappa shape index (κ2) is 11.5. The Kier molecular flexibility index (Phi) is 8.49. The van der Waals surface area contributed by atoms with Crippen LogP contribution in [0.1, 0.15) is 25.7 Å². The molecule has 26 heavy (non-hydrogen) atoms. The van der Waals surface area contributed by atoms with Crippen molar-refractivity contribution in [3.63, 3.8) is 0 Å².